The zero-order chi connectivity index (χ0) is 13.0. The van der Waals surface area contributed by atoms with Gasteiger partial charge in [0.2, 0.25) is 0 Å². The van der Waals surface area contributed by atoms with Gasteiger partial charge in [-0.3, -0.25) is 0 Å². The lowest BCUT2D eigenvalue weighted by molar-refractivity contribution is 0.438. The second kappa shape index (κ2) is 6.53. The molecular formula is C14H25N3S. The van der Waals surface area contributed by atoms with Crippen molar-refractivity contribution < 1.29 is 0 Å². The molecule has 0 unspecified atom stereocenters. The molecule has 1 aliphatic rings. The molecule has 1 aromatic heterocycles. The number of nitrogens with zero attached hydrogens (tertiary/aromatic N) is 2. The van der Waals surface area contributed by atoms with Crippen LogP contribution < -0.4 is 10.2 Å². The van der Waals surface area contributed by atoms with Crippen LogP contribution in [0, 0.1) is 5.92 Å². The maximum Gasteiger partial charge on any atom is 0.185 e. The first-order valence-corrected chi connectivity index (χ1v) is 8.00. The number of aryl methyl sites for hydroxylation is 1. The second-order valence-electron chi connectivity index (χ2n) is 5.17. The van der Waals surface area contributed by atoms with Crippen LogP contribution in [0.4, 0.5) is 5.13 Å². The monoisotopic (exact) mass is 267 g/mol. The number of rotatable bonds is 5. The van der Waals surface area contributed by atoms with E-state index >= 15 is 0 Å². The van der Waals surface area contributed by atoms with Crippen LogP contribution in [0.2, 0.25) is 0 Å². The van der Waals surface area contributed by atoms with Crippen LogP contribution in [0.15, 0.2) is 0 Å². The maximum atomic E-state index is 4.83. The van der Waals surface area contributed by atoms with Gasteiger partial charge in [-0.25, -0.2) is 4.98 Å². The molecule has 1 N–H and O–H groups in total. The normalized spacial score (nSPS) is 17.4. The van der Waals surface area contributed by atoms with Crippen molar-refractivity contribution in [3.05, 3.63) is 10.6 Å². The quantitative estimate of drug-likeness (QED) is 0.889. The summed E-state index contributed by atoms with van der Waals surface area (Å²) < 4.78 is 0. The summed E-state index contributed by atoms with van der Waals surface area (Å²) in [5.41, 5.74) is 1.29. The minimum absolute atomic E-state index is 0.882. The SMILES string of the molecule is CCNCc1sc(N2CCC(C)CC2)nc1CC. The van der Waals surface area contributed by atoms with E-state index in [1.807, 2.05) is 11.3 Å². The zero-order valence-electron chi connectivity index (χ0n) is 11.8. The third kappa shape index (κ3) is 3.23. The van der Waals surface area contributed by atoms with Crippen molar-refractivity contribution >= 4 is 16.5 Å². The van der Waals surface area contributed by atoms with Crippen molar-refractivity contribution in [2.45, 2.75) is 46.6 Å². The van der Waals surface area contributed by atoms with Gasteiger partial charge in [-0.2, -0.15) is 0 Å². The molecule has 0 saturated carbocycles. The molecule has 1 saturated heterocycles. The molecule has 0 amide bonds. The molecule has 0 aliphatic carbocycles. The molecule has 4 heteroatoms. The molecular weight excluding hydrogens is 242 g/mol. The van der Waals surface area contributed by atoms with Crippen molar-refractivity contribution in [3.63, 3.8) is 0 Å². The Labute approximate surface area is 115 Å². The Bertz CT molecular complexity index is 367. The molecule has 18 heavy (non-hydrogen) atoms. The van der Waals surface area contributed by atoms with Crippen molar-refractivity contribution in [3.8, 4) is 0 Å². The van der Waals surface area contributed by atoms with E-state index in [2.05, 4.69) is 31.0 Å². The lowest BCUT2D eigenvalue weighted by atomic mass is 10.00. The highest BCUT2D eigenvalue weighted by molar-refractivity contribution is 7.15. The molecule has 2 heterocycles. The maximum absolute atomic E-state index is 4.83. The van der Waals surface area contributed by atoms with Gasteiger partial charge in [0.25, 0.3) is 0 Å². The van der Waals surface area contributed by atoms with Gasteiger partial charge in [-0.05, 0) is 31.7 Å². The van der Waals surface area contributed by atoms with Gasteiger partial charge in [0.1, 0.15) is 0 Å². The Kier molecular flexibility index (Phi) is 5.01. The number of aromatic nitrogens is 1. The number of hydrogen-bond donors (Lipinski definition) is 1. The number of hydrogen-bond acceptors (Lipinski definition) is 4. The molecule has 3 nitrogen and oxygen atoms in total. The first-order valence-electron chi connectivity index (χ1n) is 7.18. The predicted molar refractivity (Wildman–Crippen MR) is 79.5 cm³/mol. The average molecular weight is 267 g/mol. The molecule has 1 aromatic rings. The van der Waals surface area contributed by atoms with E-state index in [0.717, 1.165) is 25.4 Å². The lowest BCUT2D eigenvalue weighted by Gasteiger charge is -2.29. The number of piperidine rings is 1. The minimum Gasteiger partial charge on any atom is -0.348 e. The van der Waals surface area contributed by atoms with Gasteiger partial charge in [-0.15, -0.1) is 11.3 Å². The van der Waals surface area contributed by atoms with Crippen LogP contribution in [0.5, 0.6) is 0 Å². The predicted octanol–water partition coefficient (Wildman–Crippen LogP) is 3.05. The topological polar surface area (TPSA) is 28.2 Å². The fourth-order valence-electron chi connectivity index (χ4n) is 2.36. The molecule has 0 radical (unpaired) electrons. The summed E-state index contributed by atoms with van der Waals surface area (Å²) in [7, 11) is 0. The van der Waals surface area contributed by atoms with Gasteiger partial charge in [0, 0.05) is 24.5 Å². The molecule has 0 bridgehead atoms. The molecule has 0 spiro atoms. The van der Waals surface area contributed by atoms with E-state index in [1.54, 1.807) is 0 Å². The van der Waals surface area contributed by atoms with Crippen molar-refractivity contribution in [2.75, 3.05) is 24.5 Å². The Balaban J connectivity index is 2.06. The molecule has 1 aliphatic heterocycles. The fraction of sp³-hybridized carbons (Fsp3) is 0.786. The standard InChI is InChI=1S/C14H25N3S/c1-4-12-13(10-15-5-2)18-14(16-12)17-8-6-11(3)7-9-17/h11,15H,4-10H2,1-3H3. The first-order chi connectivity index (χ1) is 8.74. The molecule has 0 atom stereocenters. The third-order valence-electron chi connectivity index (χ3n) is 3.69. The van der Waals surface area contributed by atoms with Gasteiger partial charge in [0.15, 0.2) is 5.13 Å². The minimum atomic E-state index is 0.882. The summed E-state index contributed by atoms with van der Waals surface area (Å²) >= 11 is 1.88. The van der Waals surface area contributed by atoms with Crippen LogP contribution in [-0.2, 0) is 13.0 Å². The summed E-state index contributed by atoms with van der Waals surface area (Å²) in [6.07, 6.45) is 3.66. The van der Waals surface area contributed by atoms with Gasteiger partial charge >= 0.3 is 0 Å². The van der Waals surface area contributed by atoms with Crippen molar-refractivity contribution in [2.24, 2.45) is 5.92 Å². The van der Waals surface area contributed by atoms with E-state index in [0.29, 0.717) is 0 Å². The van der Waals surface area contributed by atoms with Crippen molar-refractivity contribution in [1.82, 2.24) is 10.3 Å². The number of anilines is 1. The Morgan fingerprint density at radius 1 is 1.33 bits per heavy atom. The van der Waals surface area contributed by atoms with E-state index in [-0.39, 0.29) is 0 Å². The molecule has 2 rings (SSSR count). The largest absolute Gasteiger partial charge is 0.348 e. The summed E-state index contributed by atoms with van der Waals surface area (Å²) in [6.45, 7) is 11.1. The van der Waals surface area contributed by atoms with Crippen LogP contribution in [0.3, 0.4) is 0 Å². The Morgan fingerprint density at radius 3 is 2.67 bits per heavy atom. The highest BCUT2D eigenvalue weighted by Gasteiger charge is 2.20. The smallest absolute Gasteiger partial charge is 0.185 e. The van der Waals surface area contributed by atoms with E-state index < -0.39 is 0 Å². The second-order valence-corrected chi connectivity index (χ2v) is 6.23. The van der Waals surface area contributed by atoms with Crippen LogP contribution >= 0.6 is 11.3 Å². The number of thiazole rings is 1. The zero-order valence-corrected chi connectivity index (χ0v) is 12.6. The fourth-order valence-corrected chi connectivity index (χ4v) is 3.53. The van der Waals surface area contributed by atoms with Gasteiger partial charge < -0.3 is 10.2 Å². The molecule has 0 aromatic carbocycles. The van der Waals surface area contributed by atoms with Crippen LogP contribution in [0.25, 0.3) is 0 Å². The van der Waals surface area contributed by atoms with Gasteiger partial charge in [0.05, 0.1) is 5.69 Å². The summed E-state index contributed by atoms with van der Waals surface area (Å²) in [5, 5.41) is 4.66. The van der Waals surface area contributed by atoms with E-state index in [9.17, 15) is 0 Å². The van der Waals surface area contributed by atoms with Gasteiger partial charge in [-0.1, -0.05) is 20.8 Å². The molecule has 1 fully saturated rings. The summed E-state index contributed by atoms with van der Waals surface area (Å²) in [5.74, 6) is 0.882. The summed E-state index contributed by atoms with van der Waals surface area (Å²) in [4.78, 5) is 8.73. The third-order valence-corrected chi connectivity index (χ3v) is 4.85. The van der Waals surface area contributed by atoms with Crippen LogP contribution in [-0.4, -0.2) is 24.6 Å². The highest BCUT2D eigenvalue weighted by atomic mass is 32.1. The van der Waals surface area contributed by atoms with Crippen LogP contribution in [0.1, 0.15) is 44.2 Å². The Morgan fingerprint density at radius 2 is 2.06 bits per heavy atom. The van der Waals surface area contributed by atoms with E-state index in [4.69, 9.17) is 4.98 Å². The van der Waals surface area contributed by atoms with Crippen molar-refractivity contribution in [1.29, 1.82) is 0 Å². The lowest BCUT2D eigenvalue weighted by Crippen LogP contribution is -2.32. The average Bonchev–Trinajstić information content (AvgIpc) is 2.80. The first kappa shape index (κ1) is 13.8. The Hall–Kier alpha value is -0.610. The number of nitrogens with one attached hydrogen (secondary N) is 1. The van der Waals surface area contributed by atoms with E-state index in [1.165, 1.54) is 41.6 Å². The highest BCUT2D eigenvalue weighted by Crippen LogP contribution is 2.30. The molecule has 102 valence electrons. The summed E-state index contributed by atoms with van der Waals surface area (Å²) in [6, 6.07) is 0.